The summed E-state index contributed by atoms with van der Waals surface area (Å²) in [5, 5.41) is 3.26. The molecule has 1 unspecified atom stereocenters. The van der Waals surface area contributed by atoms with Crippen molar-refractivity contribution in [2.75, 3.05) is 0 Å². The Balaban J connectivity index is 2.59. The maximum Gasteiger partial charge on any atom is 0.103 e. The van der Waals surface area contributed by atoms with Crippen LogP contribution in [0.3, 0.4) is 0 Å². The van der Waals surface area contributed by atoms with E-state index in [1.165, 1.54) is 0 Å². The van der Waals surface area contributed by atoms with Crippen molar-refractivity contribution in [3.8, 4) is 0 Å². The van der Waals surface area contributed by atoms with Gasteiger partial charge in [-0.2, -0.15) is 4.91 Å². The van der Waals surface area contributed by atoms with Crippen LogP contribution >= 0.6 is 0 Å². The lowest BCUT2D eigenvalue weighted by molar-refractivity contribution is 0.470. The lowest BCUT2D eigenvalue weighted by Crippen LogP contribution is -2.34. The van der Waals surface area contributed by atoms with Crippen molar-refractivity contribution in [1.82, 2.24) is 0 Å². The average molecular weight is 239 g/mol. The van der Waals surface area contributed by atoms with Crippen molar-refractivity contribution in [3.63, 3.8) is 0 Å². The summed E-state index contributed by atoms with van der Waals surface area (Å²) < 4.78 is 0. The van der Waals surface area contributed by atoms with Gasteiger partial charge in [0, 0.05) is 5.41 Å². The third-order valence-electron chi connectivity index (χ3n) is 3.74. The molecule has 0 aliphatic heterocycles. The molecule has 0 amide bonds. The van der Waals surface area contributed by atoms with Gasteiger partial charge in [-0.3, -0.25) is 0 Å². The molecular weight excluding hydrogens is 222 g/mol. The van der Waals surface area contributed by atoms with E-state index in [4.69, 9.17) is 0 Å². The molecule has 2 aromatic carbocycles. The smallest absolute Gasteiger partial charge is 0.103 e. The van der Waals surface area contributed by atoms with Crippen LogP contribution in [0.1, 0.15) is 25.0 Å². The van der Waals surface area contributed by atoms with Crippen LogP contribution < -0.4 is 0 Å². The van der Waals surface area contributed by atoms with Gasteiger partial charge < -0.3 is 0 Å². The lowest BCUT2D eigenvalue weighted by Gasteiger charge is -2.33. The number of benzene rings is 2. The fourth-order valence-electron chi connectivity index (χ4n) is 2.32. The van der Waals surface area contributed by atoms with Crippen LogP contribution in [0.25, 0.3) is 0 Å². The zero-order valence-corrected chi connectivity index (χ0v) is 10.7. The van der Waals surface area contributed by atoms with Crippen molar-refractivity contribution in [3.05, 3.63) is 76.7 Å². The number of nitrogens with zero attached hydrogens (tertiary/aromatic N) is 1. The molecule has 0 saturated carbocycles. The van der Waals surface area contributed by atoms with E-state index in [0.717, 1.165) is 11.1 Å². The van der Waals surface area contributed by atoms with Crippen LogP contribution in [0.5, 0.6) is 0 Å². The first-order valence-electron chi connectivity index (χ1n) is 6.13. The van der Waals surface area contributed by atoms with Crippen LogP contribution in [0, 0.1) is 4.91 Å². The quantitative estimate of drug-likeness (QED) is 0.737. The van der Waals surface area contributed by atoms with Gasteiger partial charge in [-0.15, -0.1) is 0 Å². The normalized spacial score (nSPS) is 13.0. The molecule has 18 heavy (non-hydrogen) atoms. The van der Waals surface area contributed by atoms with E-state index in [-0.39, 0.29) is 11.5 Å². The van der Waals surface area contributed by atoms with E-state index in [1.807, 2.05) is 43.3 Å². The summed E-state index contributed by atoms with van der Waals surface area (Å²) >= 11 is 0. The second-order valence-electron chi connectivity index (χ2n) is 4.72. The fourth-order valence-corrected chi connectivity index (χ4v) is 2.32. The van der Waals surface area contributed by atoms with Crippen LogP contribution in [0.2, 0.25) is 0 Å². The molecule has 0 aliphatic carbocycles. The molecule has 0 heterocycles. The number of nitroso groups, excluding NO2 is 1. The Morgan fingerprint density at radius 3 is 1.61 bits per heavy atom. The van der Waals surface area contributed by atoms with Crippen molar-refractivity contribution < 1.29 is 0 Å². The van der Waals surface area contributed by atoms with Gasteiger partial charge in [-0.05, 0) is 25.0 Å². The summed E-state index contributed by atoms with van der Waals surface area (Å²) in [5.74, 6) is 0. The molecule has 2 rings (SSSR count). The molecule has 0 spiro atoms. The minimum absolute atomic E-state index is 0.317. The van der Waals surface area contributed by atoms with Gasteiger partial charge in [-0.25, -0.2) is 0 Å². The minimum atomic E-state index is -0.385. The Morgan fingerprint density at radius 1 is 0.889 bits per heavy atom. The van der Waals surface area contributed by atoms with Crippen molar-refractivity contribution in [1.29, 1.82) is 0 Å². The van der Waals surface area contributed by atoms with Crippen LogP contribution in [0.15, 0.2) is 65.8 Å². The Kier molecular flexibility index (Phi) is 3.56. The Bertz CT molecular complexity index is 468. The number of hydrogen-bond acceptors (Lipinski definition) is 2. The third-order valence-corrected chi connectivity index (χ3v) is 3.74. The van der Waals surface area contributed by atoms with Gasteiger partial charge in [0.2, 0.25) is 0 Å². The number of rotatable bonds is 4. The zero-order chi connectivity index (χ0) is 13.0. The highest BCUT2D eigenvalue weighted by Crippen LogP contribution is 2.36. The number of hydrogen-bond donors (Lipinski definition) is 0. The summed E-state index contributed by atoms with van der Waals surface area (Å²) in [6.07, 6.45) is 0. The van der Waals surface area contributed by atoms with Gasteiger partial charge in [0.1, 0.15) is 6.04 Å². The molecule has 0 bridgehead atoms. The minimum Gasteiger partial charge on any atom is -0.150 e. The highest BCUT2D eigenvalue weighted by Gasteiger charge is 2.35. The highest BCUT2D eigenvalue weighted by molar-refractivity contribution is 5.40. The summed E-state index contributed by atoms with van der Waals surface area (Å²) in [4.78, 5) is 11.0. The van der Waals surface area contributed by atoms with Gasteiger partial charge in [-0.1, -0.05) is 65.8 Å². The zero-order valence-electron chi connectivity index (χ0n) is 10.7. The molecule has 0 saturated heterocycles. The molecule has 2 heteroatoms. The van der Waals surface area contributed by atoms with Crippen LogP contribution in [-0.2, 0) is 5.41 Å². The molecule has 92 valence electrons. The second-order valence-corrected chi connectivity index (χ2v) is 4.72. The first kappa shape index (κ1) is 12.5. The maximum atomic E-state index is 11.0. The van der Waals surface area contributed by atoms with Crippen molar-refractivity contribution in [2.24, 2.45) is 5.18 Å². The van der Waals surface area contributed by atoms with E-state index in [2.05, 4.69) is 36.4 Å². The maximum absolute atomic E-state index is 11.0. The molecule has 0 N–H and O–H groups in total. The summed E-state index contributed by atoms with van der Waals surface area (Å²) in [6.45, 7) is 3.94. The van der Waals surface area contributed by atoms with Crippen molar-refractivity contribution in [2.45, 2.75) is 25.3 Å². The molecule has 2 nitrogen and oxygen atoms in total. The lowest BCUT2D eigenvalue weighted by atomic mass is 9.71. The van der Waals surface area contributed by atoms with Gasteiger partial charge in [0.05, 0.1) is 0 Å². The molecule has 2 aromatic rings. The van der Waals surface area contributed by atoms with Crippen LogP contribution in [0.4, 0.5) is 0 Å². The van der Waals surface area contributed by atoms with Crippen LogP contribution in [-0.4, -0.2) is 6.04 Å². The Hall–Kier alpha value is -1.96. The summed E-state index contributed by atoms with van der Waals surface area (Å²) in [5.41, 5.74) is 1.84. The monoisotopic (exact) mass is 239 g/mol. The van der Waals surface area contributed by atoms with E-state index in [9.17, 15) is 4.91 Å². The standard InChI is InChI=1S/C16H17NO/c1-13(17-18)16(2,14-9-5-3-6-10-14)15-11-7-4-8-12-15/h3-13H,1-2H3. The first-order chi connectivity index (χ1) is 8.69. The predicted molar refractivity (Wildman–Crippen MR) is 74.6 cm³/mol. The van der Waals surface area contributed by atoms with Crippen molar-refractivity contribution >= 4 is 0 Å². The van der Waals surface area contributed by atoms with E-state index in [1.54, 1.807) is 0 Å². The Labute approximate surface area is 108 Å². The molecule has 1 atom stereocenters. The third kappa shape index (κ3) is 2.06. The second kappa shape index (κ2) is 5.13. The first-order valence-corrected chi connectivity index (χ1v) is 6.13. The largest absolute Gasteiger partial charge is 0.150 e. The molecule has 0 aliphatic rings. The fraction of sp³-hybridized carbons (Fsp3) is 0.250. The SMILES string of the molecule is CC(N=O)C(C)(c1ccccc1)c1ccccc1. The van der Waals surface area contributed by atoms with Gasteiger partial charge in [0.25, 0.3) is 0 Å². The molecular formula is C16H17NO. The molecule has 0 radical (unpaired) electrons. The highest BCUT2D eigenvalue weighted by atomic mass is 16.3. The average Bonchev–Trinajstić information content (AvgIpc) is 2.47. The van der Waals surface area contributed by atoms with Gasteiger partial charge >= 0.3 is 0 Å². The summed E-state index contributed by atoms with van der Waals surface area (Å²) in [6, 6.07) is 19.8. The molecule has 0 aromatic heterocycles. The van der Waals surface area contributed by atoms with E-state index >= 15 is 0 Å². The molecule has 0 fully saturated rings. The Morgan fingerprint density at radius 2 is 1.28 bits per heavy atom. The van der Waals surface area contributed by atoms with E-state index in [0.29, 0.717) is 0 Å². The summed E-state index contributed by atoms with van der Waals surface area (Å²) in [7, 11) is 0. The van der Waals surface area contributed by atoms with Gasteiger partial charge in [0.15, 0.2) is 0 Å². The predicted octanol–water partition coefficient (Wildman–Crippen LogP) is 4.15. The topological polar surface area (TPSA) is 29.4 Å². The van der Waals surface area contributed by atoms with E-state index < -0.39 is 0 Å².